The molecular formula is C21H16ClF3N4O2S. The molecule has 6 nitrogen and oxygen atoms in total. The van der Waals surface area contributed by atoms with Crippen LogP contribution in [-0.4, -0.2) is 27.8 Å². The zero-order valence-electron chi connectivity index (χ0n) is 16.4. The van der Waals surface area contributed by atoms with E-state index in [0.717, 1.165) is 29.5 Å². The van der Waals surface area contributed by atoms with Crippen LogP contribution in [0.5, 0.6) is 0 Å². The molecule has 2 N–H and O–H groups in total. The molecule has 0 fully saturated rings. The van der Waals surface area contributed by atoms with Crippen molar-refractivity contribution in [2.24, 2.45) is 0 Å². The highest BCUT2D eigenvalue weighted by atomic mass is 35.5. The second-order valence-corrected chi connectivity index (χ2v) is 8.56. The van der Waals surface area contributed by atoms with Gasteiger partial charge in [-0.15, -0.1) is 11.3 Å². The van der Waals surface area contributed by atoms with Gasteiger partial charge < -0.3 is 5.32 Å². The molecule has 1 aliphatic carbocycles. The molecule has 3 aromatic rings. The minimum absolute atomic E-state index is 0.0545. The van der Waals surface area contributed by atoms with Crippen molar-refractivity contribution in [3.63, 3.8) is 0 Å². The Morgan fingerprint density at radius 3 is 2.72 bits per heavy atom. The number of halogens is 4. The molecule has 1 aliphatic rings. The van der Waals surface area contributed by atoms with Crippen LogP contribution < -0.4 is 10.6 Å². The van der Waals surface area contributed by atoms with Gasteiger partial charge in [-0.05, 0) is 54.5 Å². The van der Waals surface area contributed by atoms with Gasteiger partial charge in [0.2, 0.25) is 5.95 Å². The summed E-state index contributed by atoms with van der Waals surface area (Å²) in [5.41, 5.74) is 0.386. The van der Waals surface area contributed by atoms with Gasteiger partial charge in [0.25, 0.3) is 11.8 Å². The molecule has 0 aliphatic heterocycles. The van der Waals surface area contributed by atoms with Crippen LogP contribution >= 0.6 is 22.9 Å². The van der Waals surface area contributed by atoms with E-state index >= 15 is 0 Å². The van der Waals surface area contributed by atoms with E-state index in [-0.39, 0.29) is 28.5 Å². The second kappa shape index (κ2) is 8.87. The van der Waals surface area contributed by atoms with Gasteiger partial charge in [-0.25, -0.2) is 9.97 Å². The van der Waals surface area contributed by atoms with Gasteiger partial charge in [-0.3, -0.25) is 14.9 Å². The van der Waals surface area contributed by atoms with E-state index in [1.807, 2.05) is 0 Å². The topological polar surface area (TPSA) is 84.0 Å². The van der Waals surface area contributed by atoms with Crippen LogP contribution in [0, 0.1) is 0 Å². The van der Waals surface area contributed by atoms with E-state index in [1.165, 1.54) is 11.3 Å². The van der Waals surface area contributed by atoms with Crippen molar-refractivity contribution in [1.82, 2.24) is 15.3 Å². The molecule has 32 heavy (non-hydrogen) atoms. The van der Waals surface area contributed by atoms with E-state index in [1.54, 1.807) is 23.7 Å². The number of nitrogens with one attached hydrogen (secondary N) is 2. The smallest absolute Gasteiger partial charge is 0.349 e. The van der Waals surface area contributed by atoms with Crippen molar-refractivity contribution in [2.75, 3.05) is 5.32 Å². The zero-order chi connectivity index (χ0) is 22.9. The maximum absolute atomic E-state index is 13.0. The summed E-state index contributed by atoms with van der Waals surface area (Å²) in [5.74, 6) is -0.769. The van der Waals surface area contributed by atoms with E-state index in [2.05, 4.69) is 20.6 Å². The molecule has 11 heteroatoms. The number of aromatic nitrogens is 2. The first-order chi connectivity index (χ1) is 15.2. The van der Waals surface area contributed by atoms with Crippen LogP contribution in [0.1, 0.15) is 43.3 Å². The fourth-order valence-corrected chi connectivity index (χ4v) is 4.22. The lowest BCUT2D eigenvalue weighted by Gasteiger charge is -2.25. The number of carbonyl (C=O) groups is 2. The van der Waals surface area contributed by atoms with Crippen molar-refractivity contribution < 1.29 is 22.8 Å². The van der Waals surface area contributed by atoms with Crippen molar-refractivity contribution in [2.45, 2.75) is 31.5 Å². The number of nitrogens with zero attached hydrogens (tertiary/aromatic N) is 2. The van der Waals surface area contributed by atoms with Gasteiger partial charge in [0, 0.05) is 17.9 Å². The van der Waals surface area contributed by atoms with Gasteiger partial charge in [-0.1, -0.05) is 17.7 Å². The molecule has 0 radical (unpaired) electrons. The lowest BCUT2D eigenvalue weighted by Crippen LogP contribution is -2.39. The predicted molar refractivity (Wildman–Crippen MR) is 114 cm³/mol. The second-order valence-electron chi connectivity index (χ2n) is 7.20. The number of amides is 2. The number of aryl methyl sites for hydroxylation is 1. The summed E-state index contributed by atoms with van der Waals surface area (Å²) in [6, 6.07) is 5.81. The lowest BCUT2D eigenvalue weighted by molar-refractivity contribution is -0.137. The molecule has 1 aromatic carbocycles. The molecule has 4 rings (SSSR count). The minimum atomic E-state index is -4.57. The molecule has 0 saturated heterocycles. The largest absolute Gasteiger partial charge is 0.416 e. The number of alkyl halides is 3. The van der Waals surface area contributed by atoms with E-state index in [4.69, 9.17) is 11.6 Å². The molecular weight excluding hydrogens is 465 g/mol. The van der Waals surface area contributed by atoms with E-state index in [0.29, 0.717) is 24.1 Å². The summed E-state index contributed by atoms with van der Waals surface area (Å²) in [7, 11) is 0. The van der Waals surface area contributed by atoms with Crippen LogP contribution in [0.4, 0.5) is 19.1 Å². The van der Waals surface area contributed by atoms with Crippen molar-refractivity contribution >= 4 is 40.7 Å². The first kappa shape index (κ1) is 22.2. The number of carbonyl (C=O) groups excluding carboxylic acids is 2. The Balaban J connectivity index is 1.43. The highest BCUT2D eigenvalue weighted by Gasteiger charge is 2.32. The molecule has 0 bridgehead atoms. The van der Waals surface area contributed by atoms with Gasteiger partial charge >= 0.3 is 6.18 Å². The highest BCUT2D eigenvalue weighted by Crippen LogP contribution is 2.32. The Morgan fingerprint density at radius 1 is 1.19 bits per heavy atom. The number of benzene rings is 1. The van der Waals surface area contributed by atoms with E-state index < -0.39 is 17.6 Å². The third-order valence-corrected chi connectivity index (χ3v) is 6.19. The number of thiophene rings is 1. The van der Waals surface area contributed by atoms with E-state index in [9.17, 15) is 22.8 Å². The number of fused-ring (bicyclic) bond motifs is 1. The van der Waals surface area contributed by atoms with Gasteiger partial charge in [0.05, 0.1) is 21.0 Å². The SMILES string of the molecule is O=C(Nc1ncc2c(n1)CCC(NC(=O)c1cc(C(F)(F)F)ccc1Cl)C2)c1cccs1. The molecule has 1 unspecified atom stereocenters. The van der Waals surface area contributed by atoms with Crippen molar-refractivity contribution in [1.29, 1.82) is 0 Å². The van der Waals surface area contributed by atoms with Crippen LogP contribution in [0.2, 0.25) is 5.02 Å². The van der Waals surface area contributed by atoms with Gasteiger partial charge in [0.15, 0.2) is 0 Å². The predicted octanol–water partition coefficient (Wildman–Crippen LogP) is 4.75. The Kier molecular flexibility index (Phi) is 6.16. The molecule has 2 aromatic heterocycles. The van der Waals surface area contributed by atoms with Crippen LogP contribution in [-0.2, 0) is 19.0 Å². The first-order valence-electron chi connectivity index (χ1n) is 9.58. The fourth-order valence-electron chi connectivity index (χ4n) is 3.40. The number of hydrogen-bond acceptors (Lipinski definition) is 5. The quantitative estimate of drug-likeness (QED) is 0.564. The average molecular weight is 481 g/mol. The number of hydrogen-bond donors (Lipinski definition) is 2. The molecule has 2 amide bonds. The van der Waals surface area contributed by atoms with Crippen molar-refractivity contribution in [3.05, 3.63) is 74.2 Å². The normalized spacial score (nSPS) is 15.7. The Hall–Kier alpha value is -2.98. The fraction of sp³-hybridized carbons (Fsp3) is 0.238. The monoisotopic (exact) mass is 480 g/mol. The third-order valence-electron chi connectivity index (χ3n) is 4.99. The third kappa shape index (κ3) is 4.91. The molecule has 1 atom stereocenters. The molecule has 2 heterocycles. The summed E-state index contributed by atoms with van der Waals surface area (Å²) < 4.78 is 38.9. The molecule has 0 saturated carbocycles. The maximum atomic E-state index is 13.0. The van der Waals surface area contributed by atoms with Gasteiger partial charge in [0.1, 0.15) is 0 Å². The standard InChI is InChI=1S/C21H16ClF3N4O2S/c22-15-5-3-12(21(23,24)25)9-14(15)18(30)27-13-4-6-16-11(8-13)10-26-20(28-16)29-19(31)17-2-1-7-32-17/h1-3,5,7,9-10,13H,4,6,8H2,(H,27,30)(H,26,28,29,31). The lowest BCUT2D eigenvalue weighted by atomic mass is 9.92. The summed E-state index contributed by atoms with van der Waals surface area (Å²) in [4.78, 5) is 33.8. The first-order valence-corrected chi connectivity index (χ1v) is 10.8. The molecule has 0 spiro atoms. The number of anilines is 1. The Labute approximate surface area is 189 Å². The van der Waals surface area contributed by atoms with Crippen LogP contribution in [0.3, 0.4) is 0 Å². The van der Waals surface area contributed by atoms with Gasteiger partial charge in [-0.2, -0.15) is 13.2 Å². The zero-order valence-corrected chi connectivity index (χ0v) is 17.9. The van der Waals surface area contributed by atoms with Crippen LogP contribution in [0.15, 0.2) is 41.9 Å². The summed E-state index contributed by atoms with van der Waals surface area (Å²) >= 11 is 7.26. The Morgan fingerprint density at radius 2 is 2.00 bits per heavy atom. The summed E-state index contributed by atoms with van der Waals surface area (Å²) in [5, 5.41) is 7.14. The average Bonchev–Trinajstić information content (AvgIpc) is 3.28. The van der Waals surface area contributed by atoms with Crippen LogP contribution in [0.25, 0.3) is 0 Å². The maximum Gasteiger partial charge on any atom is 0.416 e. The van der Waals surface area contributed by atoms with Crippen molar-refractivity contribution in [3.8, 4) is 0 Å². The minimum Gasteiger partial charge on any atom is -0.349 e. The Bertz CT molecular complexity index is 1170. The summed E-state index contributed by atoms with van der Waals surface area (Å²) in [6.45, 7) is 0. The molecule has 166 valence electrons. The number of rotatable bonds is 4. The highest BCUT2D eigenvalue weighted by molar-refractivity contribution is 7.12. The summed E-state index contributed by atoms with van der Waals surface area (Å²) in [6.07, 6.45) is -1.53.